The number of hydrogen-bond acceptors (Lipinski definition) is 5. The van der Waals surface area contributed by atoms with Crippen molar-refractivity contribution < 1.29 is 9.53 Å². The van der Waals surface area contributed by atoms with Gasteiger partial charge in [-0.25, -0.2) is 4.98 Å². The summed E-state index contributed by atoms with van der Waals surface area (Å²) in [6.45, 7) is 7.78. The Morgan fingerprint density at radius 3 is 2.88 bits per heavy atom. The molecule has 2 aromatic heterocycles. The molecule has 0 aromatic carbocycles. The van der Waals surface area contributed by atoms with E-state index in [9.17, 15) is 9.59 Å². The van der Waals surface area contributed by atoms with Crippen molar-refractivity contribution in [2.24, 2.45) is 0 Å². The fourth-order valence-electron chi connectivity index (χ4n) is 2.91. The molecule has 26 heavy (non-hydrogen) atoms. The molecule has 1 aliphatic rings. The first kappa shape index (κ1) is 18.3. The molecule has 1 atom stereocenters. The van der Waals surface area contributed by atoms with Gasteiger partial charge in [0.1, 0.15) is 5.69 Å². The summed E-state index contributed by atoms with van der Waals surface area (Å²) < 4.78 is 5.77. The number of aromatic amines is 2. The SMILES string of the molecule is CC(C)(C)c1cc(C(=O)N2CCO[C@@H](CCc3cc(=O)[nH]cn3)C2)n[nH]1. The summed E-state index contributed by atoms with van der Waals surface area (Å²) in [7, 11) is 0. The Kier molecular flexibility index (Phi) is 5.22. The van der Waals surface area contributed by atoms with Crippen LogP contribution < -0.4 is 5.56 Å². The van der Waals surface area contributed by atoms with Crippen molar-refractivity contribution in [2.45, 2.75) is 45.1 Å². The van der Waals surface area contributed by atoms with Gasteiger partial charge in [0, 0.05) is 36.0 Å². The van der Waals surface area contributed by atoms with Gasteiger partial charge in [0.25, 0.3) is 11.5 Å². The highest BCUT2D eigenvalue weighted by Gasteiger charge is 2.27. The highest BCUT2D eigenvalue weighted by Crippen LogP contribution is 2.21. The first-order valence-corrected chi connectivity index (χ1v) is 8.83. The van der Waals surface area contributed by atoms with Gasteiger partial charge in [-0.15, -0.1) is 0 Å². The minimum atomic E-state index is -0.162. The van der Waals surface area contributed by atoms with Gasteiger partial charge in [-0.2, -0.15) is 5.10 Å². The number of carbonyl (C=O) groups excluding carboxylic acids is 1. The molecule has 140 valence electrons. The third-order valence-electron chi connectivity index (χ3n) is 4.49. The molecule has 1 saturated heterocycles. The van der Waals surface area contributed by atoms with Crippen LogP contribution in [0.5, 0.6) is 0 Å². The number of aryl methyl sites for hydroxylation is 1. The van der Waals surface area contributed by atoms with Gasteiger partial charge < -0.3 is 14.6 Å². The summed E-state index contributed by atoms with van der Waals surface area (Å²) in [5.41, 5.74) is 1.85. The van der Waals surface area contributed by atoms with Crippen molar-refractivity contribution in [3.8, 4) is 0 Å². The van der Waals surface area contributed by atoms with E-state index in [4.69, 9.17) is 4.74 Å². The van der Waals surface area contributed by atoms with E-state index in [1.54, 1.807) is 4.90 Å². The number of amides is 1. The lowest BCUT2D eigenvalue weighted by atomic mass is 9.92. The van der Waals surface area contributed by atoms with Crippen molar-refractivity contribution in [2.75, 3.05) is 19.7 Å². The van der Waals surface area contributed by atoms with Gasteiger partial charge in [0.05, 0.1) is 19.0 Å². The average Bonchev–Trinajstić information content (AvgIpc) is 3.10. The summed E-state index contributed by atoms with van der Waals surface area (Å²) in [6.07, 6.45) is 2.66. The lowest BCUT2D eigenvalue weighted by Crippen LogP contribution is -2.45. The van der Waals surface area contributed by atoms with Crippen molar-refractivity contribution in [3.05, 3.63) is 45.9 Å². The second-order valence-corrected chi connectivity index (χ2v) is 7.60. The maximum absolute atomic E-state index is 12.7. The number of nitrogens with zero attached hydrogens (tertiary/aromatic N) is 3. The molecule has 1 aliphatic heterocycles. The second kappa shape index (κ2) is 7.41. The van der Waals surface area contributed by atoms with E-state index in [1.807, 2.05) is 6.07 Å². The largest absolute Gasteiger partial charge is 0.375 e. The number of rotatable bonds is 4. The van der Waals surface area contributed by atoms with E-state index in [2.05, 4.69) is 40.9 Å². The molecule has 0 spiro atoms. The lowest BCUT2D eigenvalue weighted by molar-refractivity contribution is -0.0248. The van der Waals surface area contributed by atoms with Crippen LogP contribution in [0.25, 0.3) is 0 Å². The molecule has 8 nitrogen and oxygen atoms in total. The number of ether oxygens (including phenoxy) is 1. The summed E-state index contributed by atoms with van der Waals surface area (Å²) in [5.74, 6) is -0.0840. The molecule has 1 fully saturated rings. The van der Waals surface area contributed by atoms with Crippen LogP contribution in [0.1, 0.15) is 49.1 Å². The van der Waals surface area contributed by atoms with Gasteiger partial charge in [0.2, 0.25) is 0 Å². The number of hydrogen-bond donors (Lipinski definition) is 2. The molecule has 0 radical (unpaired) electrons. The predicted molar refractivity (Wildman–Crippen MR) is 96.1 cm³/mol. The zero-order valence-electron chi connectivity index (χ0n) is 15.4. The summed E-state index contributed by atoms with van der Waals surface area (Å²) in [4.78, 5) is 32.5. The van der Waals surface area contributed by atoms with Gasteiger partial charge in [0.15, 0.2) is 0 Å². The monoisotopic (exact) mass is 359 g/mol. The standard InChI is InChI=1S/C18H25N5O3/c1-18(2,3)15-9-14(21-22-15)17(25)23-6-7-26-13(10-23)5-4-12-8-16(24)20-11-19-12/h8-9,11,13H,4-7,10H2,1-3H3,(H,21,22)(H,19,20,24)/t13-/m0/s1. The van der Waals surface area contributed by atoms with Crippen LogP contribution in [-0.2, 0) is 16.6 Å². The molecule has 0 bridgehead atoms. The van der Waals surface area contributed by atoms with Gasteiger partial charge in [-0.1, -0.05) is 20.8 Å². The molecule has 3 rings (SSSR count). The minimum Gasteiger partial charge on any atom is -0.375 e. The molecule has 3 heterocycles. The fourth-order valence-corrected chi connectivity index (χ4v) is 2.91. The third-order valence-corrected chi connectivity index (χ3v) is 4.49. The van der Waals surface area contributed by atoms with Gasteiger partial charge >= 0.3 is 0 Å². The Morgan fingerprint density at radius 1 is 1.38 bits per heavy atom. The fraction of sp³-hybridized carbons (Fsp3) is 0.556. The zero-order chi connectivity index (χ0) is 18.7. The molecule has 2 aromatic rings. The van der Waals surface area contributed by atoms with Crippen molar-refractivity contribution in [1.29, 1.82) is 0 Å². The topological polar surface area (TPSA) is 104 Å². The van der Waals surface area contributed by atoms with Crippen LogP contribution in [0.4, 0.5) is 0 Å². The Labute approximate surface area is 152 Å². The average molecular weight is 359 g/mol. The Balaban J connectivity index is 1.60. The molecular formula is C18H25N5O3. The summed E-state index contributed by atoms with van der Waals surface area (Å²) >= 11 is 0. The summed E-state index contributed by atoms with van der Waals surface area (Å²) in [6, 6.07) is 3.32. The van der Waals surface area contributed by atoms with Crippen LogP contribution in [-0.4, -0.2) is 56.8 Å². The maximum Gasteiger partial charge on any atom is 0.274 e. The minimum absolute atomic E-state index is 0.0742. The molecule has 0 aliphatic carbocycles. The Bertz CT molecular complexity index is 820. The van der Waals surface area contributed by atoms with Crippen molar-refractivity contribution in [3.63, 3.8) is 0 Å². The second-order valence-electron chi connectivity index (χ2n) is 7.60. The highest BCUT2D eigenvalue weighted by atomic mass is 16.5. The van der Waals surface area contributed by atoms with Crippen molar-refractivity contribution in [1.82, 2.24) is 25.1 Å². The van der Waals surface area contributed by atoms with Crippen LogP contribution >= 0.6 is 0 Å². The van der Waals surface area contributed by atoms with E-state index in [0.29, 0.717) is 38.2 Å². The van der Waals surface area contributed by atoms with Crippen LogP contribution in [0.2, 0.25) is 0 Å². The smallest absolute Gasteiger partial charge is 0.274 e. The zero-order valence-corrected chi connectivity index (χ0v) is 15.4. The molecular weight excluding hydrogens is 334 g/mol. The quantitative estimate of drug-likeness (QED) is 0.855. The molecule has 8 heteroatoms. The molecule has 0 unspecified atom stereocenters. The van der Waals surface area contributed by atoms with Gasteiger partial charge in [-0.05, 0) is 18.9 Å². The van der Waals surface area contributed by atoms with E-state index in [1.165, 1.54) is 12.4 Å². The number of aromatic nitrogens is 4. The van der Waals surface area contributed by atoms with E-state index < -0.39 is 0 Å². The van der Waals surface area contributed by atoms with Crippen LogP contribution in [0, 0.1) is 0 Å². The van der Waals surface area contributed by atoms with Crippen LogP contribution in [0.15, 0.2) is 23.3 Å². The number of morpholine rings is 1. The number of nitrogens with one attached hydrogen (secondary N) is 2. The predicted octanol–water partition coefficient (Wildman–Crippen LogP) is 1.26. The van der Waals surface area contributed by atoms with Crippen molar-refractivity contribution >= 4 is 5.91 Å². The first-order valence-electron chi connectivity index (χ1n) is 8.83. The highest BCUT2D eigenvalue weighted by molar-refractivity contribution is 5.92. The number of H-pyrrole nitrogens is 2. The normalized spacial score (nSPS) is 18.1. The van der Waals surface area contributed by atoms with E-state index in [-0.39, 0.29) is 23.0 Å². The molecule has 1 amide bonds. The lowest BCUT2D eigenvalue weighted by Gasteiger charge is -2.32. The molecule has 0 saturated carbocycles. The van der Waals surface area contributed by atoms with Gasteiger partial charge in [-0.3, -0.25) is 14.7 Å². The third kappa shape index (κ3) is 4.37. The van der Waals surface area contributed by atoms with Crippen LogP contribution in [0.3, 0.4) is 0 Å². The maximum atomic E-state index is 12.7. The van der Waals surface area contributed by atoms with E-state index >= 15 is 0 Å². The first-order chi connectivity index (χ1) is 12.3. The Hall–Kier alpha value is -2.48. The van der Waals surface area contributed by atoms with E-state index in [0.717, 1.165) is 11.4 Å². The summed E-state index contributed by atoms with van der Waals surface area (Å²) in [5, 5.41) is 7.14. The molecule has 2 N–H and O–H groups in total. The number of carbonyl (C=O) groups is 1. The Morgan fingerprint density at radius 2 is 2.19 bits per heavy atom.